The van der Waals surface area contributed by atoms with Crippen molar-refractivity contribution < 1.29 is 27.5 Å². The van der Waals surface area contributed by atoms with E-state index in [1.807, 2.05) is 0 Å². The molecular weight excluding hydrogens is 327 g/mol. The molecular formula is C15H16F3N3O3. The van der Waals surface area contributed by atoms with E-state index in [4.69, 9.17) is 0 Å². The first-order chi connectivity index (χ1) is 11.2. The molecule has 130 valence electrons. The van der Waals surface area contributed by atoms with Crippen LogP contribution in [0.5, 0.6) is 5.75 Å². The van der Waals surface area contributed by atoms with E-state index in [0.29, 0.717) is 0 Å². The van der Waals surface area contributed by atoms with E-state index in [1.54, 1.807) is 6.07 Å². The second kappa shape index (κ2) is 6.90. The first kappa shape index (κ1) is 17.8. The van der Waals surface area contributed by atoms with Gasteiger partial charge in [-0.2, -0.15) is 5.10 Å². The number of hydrazone groups is 1. The van der Waals surface area contributed by atoms with Gasteiger partial charge < -0.3 is 9.64 Å². The second-order valence-electron chi connectivity index (χ2n) is 5.28. The minimum absolute atomic E-state index is 0.0816. The average molecular weight is 343 g/mol. The standard InChI is InChI=1S/C15H16F3N3O3/c1-20(14(23)11-7-8-13(22)21(2)19-11)9-10-5-3-4-6-12(10)24-15(16,17)18/h3-6H,7-9H2,1-2H3. The fourth-order valence-electron chi connectivity index (χ4n) is 2.23. The highest BCUT2D eigenvalue weighted by molar-refractivity contribution is 6.39. The zero-order chi connectivity index (χ0) is 17.9. The molecule has 0 N–H and O–H groups in total. The average Bonchev–Trinajstić information content (AvgIpc) is 2.49. The lowest BCUT2D eigenvalue weighted by Gasteiger charge is -2.23. The summed E-state index contributed by atoms with van der Waals surface area (Å²) in [5, 5.41) is 4.99. The van der Waals surface area contributed by atoms with Gasteiger partial charge in [0.05, 0.1) is 0 Å². The molecule has 0 unspecified atom stereocenters. The number of amides is 2. The highest BCUT2D eigenvalue weighted by Gasteiger charge is 2.32. The zero-order valence-electron chi connectivity index (χ0n) is 13.1. The van der Waals surface area contributed by atoms with Gasteiger partial charge in [-0.15, -0.1) is 13.2 Å². The van der Waals surface area contributed by atoms with Gasteiger partial charge in [0.15, 0.2) is 0 Å². The van der Waals surface area contributed by atoms with Crippen molar-refractivity contribution in [2.75, 3.05) is 14.1 Å². The summed E-state index contributed by atoms with van der Waals surface area (Å²) >= 11 is 0. The predicted octanol–water partition coefficient (Wildman–Crippen LogP) is 2.15. The molecule has 0 bridgehead atoms. The van der Waals surface area contributed by atoms with E-state index in [9.17, 15) is 22.8 Å². The molecule has 0 radical (unpaired) electrons. The molecule has 0 saturated heterocycles. The monoisotopic (exact) mass is 343 g/mol. The van der Waals surface area contributed by atoms with Crippen LogP contribution in [-0.2, 0) is 16.1 Å². The number of benzene rings is 1. The first-order valence-corrected chi connectivity index (χ1v) is 7.10. The largest absolute Gasteiger partial charge is 0.573 e. The van der Waals surface area contributed by atoms with Crippen LogP contribution >= 0.6 is 0 Å². The predicted molar refractivity (Wildman–Crippen MR) is 79.0 cm³/mol. The third-order valence-corrected chi connectivity index (χ3v) is 3.41. The molecule has 1 aliphatic rings. The number of carbonyl (C=O) groups excluding carboxylic acids is 2. The Morgan fingerprint density at radius 1 is 1.33 bits per heavy atom. The Morgan fingerprint density at radius 3 is 2.62 bits per heavy atom. The summed E-state index contributed by atoms with van der Waals surface area (Å²) in [4.78, 5) is 25.0. The zero-order valence-corrected chi connectivity index (χ0v) is 13.1. The molecule has 0 aromatic heterocycles. The number of carbonyl (C=O) groups is 2. The van der Waals surface area contributed by atoms with Crippen LogP contribution in [0.2, 0.25) is 0 Å². The van der Waals surface area contributed by atoms with E-state index < -0.39 is 12.3 Å². The Kier molecular flexibility index (Phi) is 5.10. The quantitative estimate of drug-likeness (QED) is 0.842. The number of rotatable bonds is 4. The molecule has 2 amide bonds. The summed E-state index contributed by atoms with van der Waals surface area (Å²) < 4.78 is 41.3. The van der Waals surface area contributed by atoms with E-state index in [0.717, 1.165) is 5.01 Å². The van der Waals surface area contributed by atoms with Crippen LogP contribution in [0.15, 0.2) is 29.4 Å². The van der Waals surface area contributed by atoms with Crippen molar-refractivity contribution >= 4 is 17.5 Å². The molecule has 24 heavy (non-hydrogen) atoms. The van der Waals surface area contributed by atoms with E-state index in [1.165, 1.54) is 37.2 Å². The molecule has 1 aromatic rings. The lowest BCUT2D eigenvalue weighted by Crippen LogP contribution is -2.38. The van der Waals surface area contributed by atoms with Gasteiger partial charge in [0, 0.05) is 39.0 Å². The molecule has 1 heterocycles. The van der Waals surface area contributed by atoms with Crippen LogP contribution in [0.1, 0.15) is 18.4 Å². The number of hydrogen-bond acceptors (Lipinski definition) is 4. The normalized spacial score (nSPS) is 15.1. The second-order valence-corrected chi connectivity index (χ2v) is 5.28. The summed E-state index contributed by atoms with van der Waals surface area (Å²) in [7, 11) is 2.90. The van der Waals surface area contributed by atoms with Gasteiger partial charge >= 0.3 is 6.36 Å². The molecule has 2 rings (SSSR count). The van der Waals surface area contributed by atoms with Crippen molar-refractivity contribution in [3.8, 4) is 5.75 Å². The Bertz CT molecular complexity index is 673. The summed E-state index contributed by atoms with van der Waals surface area (Å²) in [5.74, 6) is -1.00. The number of hydrogen-bond donors (Lipinski definition) is 0. The molecule has 0 aliphatic carbocycles. The van der Waals surface area contributed by atoms with Crippen molar-refractivity contribution in [1.29, 1.82) is 0 Å². The molecule has 0 saturated carbocycles. The minimum Gasteiger partial charge on any atom is -0.405 e. The summed E-state index contributed by atoms with van der Waals surface area (Å²) in [5.41, 5.74) is 0.403. The van der Waals surface area contributed by atoms with E-state index >= 15 is 0 Å². The van der Waals surface area contributed by atoms with Crippen molar-refractivity contribution in [2.24, 2.45) is 5.10 Å². The Labute approximate surface area is 136 Å². The third kappa shape index (κ3) is 4.46. The molecule has 1 aromatic carbocycles. The van der Waals surface area contributed by atoms with Crippen molar-refractivity contribution in [3.63, 3.8) is 0 Å². The van der Waals surface area contributed by atoms with Crippen LogP contribution in [0.3, 0.4) is 0 Å². The van der Waals surface area contributed by atoms with Gasteiger partial charge in [0.2, 0.25) is 5.91 Å². The van der Waals surface area contributed by atoms with Gasteiger partial charge in [0.1, 0.15) is 11.5 Å². The number of para-hydroxylation sites is 1. The van der Waals surface area contributed by atoms with Crippen molar-refractivity contribution in [1.82, 2.24) is 9.91 Å². The van der Waals surface area contributed by atoms with Crippen LogP contribution in [0.25, 0.3) is 0 Å². The lowest BCUT2D eigenvalue weighted by molar-refractivity contribution is -0.275. The Balaban J connectivity index is 2.12. The van der Waals surface area contributed by atoms with Crippen molar-refractivity contribution in [3.05, 3.63) is 29.8 Å². The van der Waals surface area contributed by atoms with Gasteiger partial charge in [-0.1, -0.05) is 18.2 Å². The SMILES string of the molecule is CN(Cc1ccccc1OC(F)(F)F)C(=O)C1=NN(C)C(=O)CC1. The fourth-order valence-corrected chi connectivity index (χ4v) is 2.23. The van der Waals surface area contributed by atoms with Crippen molar-refractivity contribution in [2.45, 2.75) is 25.7 Å². The highest BCUT2D eigenvalue weighted by Crippen LogP contribution is 2.27. The molecule has 0 atom stereocenters. The van der Waals surface area contributed by atoms with Gasteiger partial charge in [0.25, 0.3) is 5.91 Å². The smallest absolute Gasteiger partial charge is 0.405 e. The molecule has 0 spiro atoms. The van der Waals surface area contributed by atoms with Crippen LogP contribution in [-0.4, -0.2) is 47.9 Å². The fraction of sp³-hybridized carbons (Fsp3) is 0.400. The Morgan fingerprint density at radius 2 is 2.00 bits per heavy atom. The van der Waals surface area contributed by atoms with Crippen LogP contribution < -0.4 is 4.74 Å². The lowest BCUT2D eigenvalue weighted by atomic mass is 10.1. The van der Waals surface area contributed by atoms with Gasteiger partial charge in [-0.3, -0.25) is 9.59 Å². The maximum Gasteiger partial charge on any atom is 0.573 e. The van der Waals surface area contributed by atoms with E-state index in [2.05, 4.69) is 9.84 Å². The maximum atomic E-state index is 12.4. The van der Waals surface area contributed by atoms with Gasteiger partial charge in [-0.05, 0) is 6.07 Å². The number of halogens is 3. The Hall–Kier alpha value is -2.58. The maximum absolute atomic E-state index is 12.4. The minimum atomic E-state index is -4.81. The molecule has 0 fully saturated rings. The van der Waals surface area contributed by atoms with Gasteiger partial charge in [-0.25, -0.2) is 5.01 Å². The van der Waals surface area contributed by atoms with E-state index in [-0.39, 0.29) is 42.3 Å². The highest BCUT2D eigenvalue weighted by atomic mass is 19.4. The topological polar surface area (TPSA) is 62.2 Å². The molecule has 1 aliphatic heterocycles. The molecule has 6 nitrogen and oxygen atoms in total. The molecule has 9 heteroatoms. The first-order valence-electron chi connectivity index (χ1n) is 7.10. The number of ether oxygens (including phenoxy) is 1. The number of alkyl halides is 3. The van der Waals surface area contributed by atoms with Crippen LogP contribution in [0.4, 0.5) is 13.2 Å². The summed E-state index contributed by atoms with van der Waals surface area (Å²) in [6, 6.07) is 5.61. The van der Waals surface area contributed by atoms with Crippen LogP contribution in [0, 0.1) is 0 Å². The summed E-state index contributed by atoms with van der Waals surface area (Å²) in [6.07, 6.45) is -4.44. The number of nitrogens with zero attached hydrogens (tertiary/aromatic N) is 3. The summed E-state index contributed by atoms with van der Waals surface area (Å²) in [6.45, 7) is -0.0816. The third-order valence-electron chi connectivity index (χ3n) is 3.41.